The zero-order valence-electron chi connectivity index (χ0n) is 4.98. The van der Waals surface area contributed by atoms with Crippen molar-refractivity contribution >= 4 is 6.98 Å². The molecule has 44 valence electrons. The highest BCUT2D eigenvalue weighted by atomic mass is 15.0. The first kappa shape index (κ1) is 5.85. The van der Waals surface area contributed by atoms with E-state index in [1.165, 1.54) is 0 Å². The molecule has 0 saturated carbocycles. The molecular formula is C5H11BN2. The Morgan fingerprint density at radius 1 is 1.50 bits per heavy atom. The van der Waals surface area contributed by atoms with E-state index < -0.39 is 0 Å². The van der Waals surface area contributed by atoms with Gasteiger partial charge in [0.15, 0.2) is 0 Å². The predicted octanol–water partition coefficient (Wildman–Crippen LogP) is -0.147. The molecule has 0 aromatic carbocycles. The maximum atomic E-state index is 3.64. The predicted molar refractivity (Wildman–Crippen MR) is 36.8 cm³/mol. The summed E-state index contributed by atoms with van der Waals surface area (Å²) in [5, 5.41) is 6.55. The Bertz CT molecular complexity index is 78.5. The monoisotopic (exact) mass is 110 g/mol. The maximum absolute atomic E-state index is 3.64. The van der Waals surface area contributed by atoms with Crippen LogP contribution in [0.25, 0.3) is 0 Å². The van der Waals surface area contributed by atoms with Crippen molar-refractivity contribution in [2.24, 2.45) is 0 Å². The van der Waals surface area contributed by atoms with Crippen LogP contribution in [0.3, 0.4) is 0 Å². The minimum atomic E-state index is 0.493. The molecule has 0 radical (unpaired) electrons. The first-order valence-corrected chi connectivity index (χ1v) is 3.01. The molecule has 3 heteroatoms. The molecular weight excluding hydrogens is 98.9 g/mol. The van der Waals surface area contributed by atoms with Crippen LogP contribution in [-0.4, -0.2) is 20.1 Å². The smallest absolute Gasteiger partial charge is 0.309 e. The first-order valence-electron chi connectivity index (χ1n) is 3.01. The summed E-state index contributed by atoms with van der Waals surface area (Å²) >= 11 is 0. The lowest BCUT2D eigenvalue weighted by Crippen LogP contribution is -2.35. The topological polar surface area (TPSA) is 24.1 Å². The Morgan fingerprint density at radius 2 is 2.12 bits per heavy atom. The van der Waals surface area contributed by atoms with Gasteiger partial charge in [0.05, 0.1) is 0 Å². The van der Waals surface area contributed by atoms with Gasteiger partial charge >= 0.3 is 6.98 Å². The van der Waals surface area contributed by atoms with Crippen LogP contribution >= 0.6 is 0 Å². The number of nitrogens with one attached hydrogen (secondary N) is 2. The summed E-state index contributed by atoms with van der Waals surface area (Å²) in [5.74, 6) is 0. The van der Waals surface area contributed by atoms with Crippen molar-refractivity contribution in [3.8, 4) is 0 Å². The van der Waals surface area contributed by atoms with Gasteiger partial charge < -0.3 is 10.5 Å². The third kappa shape index (κ3) is 1.35. The Balaban J connectivity index is 2.14. The fourth-order valence-corrected chi connectivity index (χ4v) is 0.898. The van der Waals surface area contributed by atoms with Gasteiger partial charge in [0, 0.05) is 0 Å². The van der Waals surface area contributed by atoms with Gasteiger partial charge in [0.2, 0.25) is 0 Å². The number of rotatable bonds is 2. The van der Waals surface area contributed by atoms with E-state index in [-0.39, 0.29) is 0 Å². The van der Waals surface area contributed by atoms with Crippen molar-refractivity contribution in [2.75, 3.05) is 13.1 Å². The van der Waals surface area contributed by atoms with Crippen LogP contribution in [-0.2, 0) is 0 Å². The van der Waals surface area contributed by atoms with Crippen LogP contribution in [0.4, 0.5) is 0 Å². The molecule has 1 saturated heterocycles. The van der Waals surface area contributed by atoms with Gasteiger partial charge in [0.1, 0.15) is 0 Å². The van der Waals surface area contributed by atoms with E-state index in [2.05, 4.69) is 17.0 Å². The van der Waals surface area contributed by atoms with Crippen molar-refractivity contribution in [1.29, 1.82) is 0 Å². The number of allylic oxidation sites excluding steroid dienone is 1. The standard InChI is InChI=1S/C5H11BN2/c1-2-3-6-7-4-5-8-6/h2,7-8H,1,3-5H2. The van der Waals surface area contributed by atoms with Gasteiger partial charge in [-0.05, 0) is 19.4 Å². The van der Waals surface area contributed by atoms with E-state index in [0.717, 1.165) is 19.4 Å². The molecule has 1 aliphatic rings. The van der Waals surface area contributed by atoms with Gasteiger partial charge in [-0.25, -0.2) is 0 Å². The molecule has 1 aliphatic heterocycles. The van der Waals surface area contributed by atoms with Crippen LogP contribution < -0.4 is 10.5 Å². The van der Waals surface area contributed by atoms with Crippen LogP contribution in [0.2, 0.25) is 6.32 Å². The Labute approximate surface area is 50.5 Å². The highest BCUT2D eigenvalue weighted by Gasteiger charge is 2.15. The summed E-state index contributed by atoms with van der Waals surface area (Å²) in [6.45, 7) is 6.33. The minimum absolute atomic E-state index is 0.493. The second-order valence-electron chi connectivity index (χ2n) is 1.99. The van der Waals surface area contributed by atoms with E-state index in [1.54, 1.807) is 0 Å². The van der Waals surface area contributed by atoms with Crippen LogP contribution in [0.5, 0.6) is 0 Å². The molecule has 2 nitrogen and oxygen atoms in total. The van der Waals surface area contributed by atoms with Gasteiger partial charge in [-0.15, -0.1) is 6.58 Å². The minimum Gasteiger partial charge on any atom is -0.341 e. The molecule has 0 unspecified atom stereocenters. The molecule has 0 aromatic rings. The number of hydrogen-bond acceptors (Lipinski definition) is 2. The van der Waals surface area contributed by atoms with Gasteiger partial charge in [-0.3, -0.25) is 0 Å². The van der Waals surface area contributed by atoms with Crippen LogP contribution in [0, 0.1) is 0 Å². The highest BCUT2D eigenvalue weighted by Crippen LogP contribution is 1.88. The van der Waals surface area contributed by atoms with Crippen molar-refractivity contribution in [1.82, 2.24) is 10.5 Å². The van der Waals surface area contributed by atoms with Crippen molar-refractivity contribution < 1.29 is 0 Å². The summed E-state index contributed by atoms with van der Waals surface area (Å²) in [7, 11) is 0. The molecule has 2 N–H and O–H groups in total. The largest absolute Gasteiger partial charge is 0.341 e. The third-order valence-corrected chi connectivity index (χ3v) is 1.31. The van der Waals surface area contributed by atoms with E-state index in [1.807, 2.05) is 6.08 Å². The molecule has 0 spiro atoms. The Hall–Kier alpha value is -0.275. The van der Waals surface area contributed by atoms with E-state index >= 15 is 0 Å². The normalized spacial score (nSPS) is 19.2. The average Bonchev–Trinajstić information content (AvgIpc) is 2.19. The molecule has 1 fully saturated rings. The van der Waals surface area contributed by atoms with Gasteiger partial charge in [0.25, 0.3) is 0 Å². The molecule has 0 amide bonds. The zero-order chi connectivity index (χ0) is 5.82. The molecule has 1 heterocycles. The second-order valence-corrected chi connectivity index (χ2v) is 1.99. The summed E-state index contributed by atoms with van der Waals surface area (Å²) in [6, 6.07) is 0. The summed E-state index contributed by atoms with van der Waals surface area (Å²) < 4.78 is 0. The van der Waals surface area contributed by atoms with E-state index in [0.29, 0.717) is 6.98 Å². The fourth-order valence-electron chi connectivity index (χ4n) is 0.898. The van der Waals surface area contributed by atoms with Crippen molar-refractivity contribution in [2.45, 2.75) is 6.32 Å². The molecule has 0 bridgehead atoms. The lowest BCUT2D eigenvalue weighted by atomic mass is 9.74. The quantitative estimate of drug-likeness (QED) is 0.381. The lowest BCUT2D eigenvalue weighted by molar-refractivity contribution is 0.942. The molecule has 0 aliphatic carbocycles. The van der Waals surface area contributed by atoms with Gasteiger partial charge in [-0.1, -0.05) is 6.08 Å². The van der Waals surface area contributed by atoms with Gasteiger partial charge in [-0.2, -0.15) is 0 Å². The SMILES string of the molecule is C=CCB1NCCN1. The van der Waals surface area contributed by atoms with Crippen molar-refractivity contribution in [3.05, 3.63) is 12.7 Å². The maximum Gasteiger partial charge on any atom is 0.309 e. The average molecular weight is 110 g/mol. The van der Waals surface area contributed by atoms with Crippen LogP contribution in [0.15, 0.2) is 12.7 Å². The zero-order valence-corrected chi connectivity index (χ0v) is 4.98. The van der Waals surface area contributed by atoms with Crippen LogP contribution in [0.1, 0.15) is 0 Å². The number of hydrogen-bond donors (Lipinski definition) is 2. The Kier molecular flexibility index (Phi) is 2.12. The Morgan fingerprint density at radius 3 is 2.62 bits per heavy atom. The highest BCUT2D eigenvalue weighted by molar-refractivity contribution is 6.54. The fraction of sp³-hybridized carbons (Fsp3) is 0.600. The van der Waals surface area contributed by atoms with Crippen molar-refractivity contribution in [3.63, 3.8) is 0 Å². The van der Waals surface area contributed by atoms with E-state index in [4.69, 9.17) is 0 Å². The lowest BCUT2D eigenvalue weighted by Gasteiger charge is -1.98. The molecule has 1 rings (SSSR count). The molecule has 8 heavy (non-hydrogen) atoms. The summed E-state index contributed by atoms with van der Waals surface area (Å²) in [5.41, 5.74) is 0. The molecule has 0 aromatic heterocycles. The second kappa shape index (κ2) is 2.90. The first-order chi connectivity index (χ1) is 3.93. The third-order valence-electron chi connectivity index (χ3n) is 1.31. The van der Waals surface area contributed by atoms with E-state index in [9.17, 15) is 0 Å². The summed E-state index contributed by atoms with van der Waals surface area (Å²) in [6.07, 6.45) is 2.95. The summed E-state index contributed by atoms with van der Waals surface area (Å²) in [4.78, 5) is 0. The molecule has 0 atom stereocenters.